The minimum absolute atomic E-state index is 0. The van der Waals surface area contributed by atoms with Crippen molar-refractivity contribution in [3.05, 3.63) is 70.8 Å². The molecule has 172 valence electrons. The van der Waals surface area contributed by atoms with E-state index in [0.717, 1.165) is 39.6 Å². The van der Waals surface area contributed by atoms with Gasteiger partial charge in [-0.2, -0.15) is 7.11 Å². The summed E-state index contributed by atoms with van der Waals surface area (Å²) in [6.07, 6.45) is 0.634. The molecule has 0 aliphatic rings. The SMILES string of the molecule is C[O-].Cc1ccc2c3ccc(C=O)c4c(C(=O)[O-])ccc(c5ccc(C(=O)[O-])c1c25)c43.O=C[O-].[K+].[K+].[K+].[K+]. The molecule has 0 aliphatic heterocycles. The molecule has 0 amide bonds. The Hall–Kier alpha value is 1.99. The third kappa shape index (κ3) is 8.12. The fraction of sp³-hybridized carbons (Fsp3) is 0.0769. The van der Waals surface area contributed by atoms with Gasteiger partial charge in [0, 0.05) is 28.5 Å². The Morgan fingerprint density at radius 1 is 0.605 bits per heavy atom. The first-order valence-electron chi connectivity index (χ1n) is 9.86. The molecule has 0 bridgehead atoms. The second-order valence-corrected chi connectivity index (χ2v) is 7.24. The van der Waals surface area contributed by atoms with E-state index in [4.69, 9.17) is 15.0 Å². The molecule has 0 heterocycles. The Balaban J connectivity index is 0. The summed E-state index contributed by atoms with van der Waals surface area (Å²) in [5.74, 6) is -2.61. The fourth-order valence-electron chi connectivity index (χ4n) is 4.53. The van der Waals surface area contributed by atoms with Crippen LogP contribution in [0.3, 0.4) is 0 Å². The number of fused-ring (bicyclic) bond motifs is 2. The number of hydrogen-bond donors (Lipinski definition) is 0. The summed E-state index contributed by atoms with van der Waals surface area (Å²) < 4.78 is 0. The second-order valence-electron chi connectivity index (χ2n) is 7.24. The zero-order chi connectivity index (χ0) is 25.2. The molecule has 0 atom stereocenters. The molecule has 0 fully saturated rings. The van der Waals surface area contributed by atoms with Gasteiger partial charge in [-0.05, 0) is 50.2 Å². The van der Waals surface area contributed by atoms with E-state index in [-0.39, 0.29) is 222 Å². The monoisotopic (exact) mass is 612 g/mol. The topological polar surface area (TPSA) is 161 Å². The van der Waals surface area contributed by atoms with Crippen LogP contribution in [-0.2, 0) is 4.79 Å². The first-order valence-corrected chi connectivity index (χ1v) is 9.86. The van der Waals surface area contributed by atoms with Crippen LogP contribution in [0, 0.1) is 6.92 Å². The number of carbonyl (C=O) groups excluding carboxylic acids is 4. The van der Waals surface area contributed by atoms with Gasteiger partial charge in [-0.1, -0.05) is 48.5 Å². The number of aldehydes is 1. The Bertz CT molecular complexity index is 1580. The first kappa shape index (κ1) is 42.1. The van der Waals surface area contributed by atoms with Crippen LogP contribution >= 0.6 is 0 Å². The van der Waals surface area contributed by atoms with Crippen molar-refractivity contribution in [3.63, 3.8) is 0 Å². The smallest absolute Gasteiger partial charge is 0.857 e. The van der Waals surface area contributed by atoms with Gasteiger partial charge in [0.05, 0.1) is 11.9 Å². The quantitative estimate of drug-likeness (QED) is 0.0840. The largest absolute Gasteiger partial charge is 1.00 e. The van der Waals surface area contributed by atoms with Gasteiger partial charge in [-0.15, -0.1) is 0 Å². The average molecular weight is 613 g/mol. The van der Waals surface area contributed by atoms with Crippen molar-refractivity contribution >= 4 is 67.8 Å². The van der Waals surface area contributed by atoms with Gasteiger partial charge in [-0.25, -0.2) is 0 Å². The number of aromatic carboxylic acids is 2. The molecule has 0 saturated carbocycles. The third-order valence-corrected chi connectivity index (χ3v) is 5.71. The van der Waals surface area contributed by atoms with Crippen LogP contribution in [0.25, 0.3) is 43.1 Å². The van der Waals surface area contributed by atoms with Crippen molar-refractivity contribution in [2.45, 2.75) is 6.92 Å². The minimum atomic E-state index is -1.36. The maximum Gasteiger partial charge on any atom is 1.00 e. The van der Waals surface area contributed by atoms with Crippen LogP contribution in [0.1, 0.15) is 36.6 Å². The summed E-state index contributed by atoms with van der Waals surface area (Å²) in [4.78, 5) is 43.3. The number of benzene rings is 5. The molecule has 0 aliphatic carbocycles. The maximum absolute atomic E-state index is 11.7. The van der Waals surface area contributed by atoms with Crippen molar-refractivity contribution in [2.24, 2.45) is 0 Å². The number of aryl methyl sites for hydroxylation is 1. The molecular formula is C26H16K4O8. The number of rotatable bonds is 3. The van der Waals surface area contributed by atoms with E-state index in [1.807, 2.05) is 19.1 Å². The molecule has 0 aromatic heterocycles. The van der Waals surface area contributed by atoms with Crippen molar-refractivity contribution in [1.29, 1.82) is 0 Å². The van der Waals surface area contributed by atoms with Gasteiger partial charge >= 0.3 is 206 Å². The molecule has 12 heteroatoms. The van der Waals surface area contributed by atoms with Crippen LogP contribution in [0.4, 0.5) is 0 Å². The first-order chi connectivity index (χ1) is 16.3. The molecule has 0 radical (unpaired) electrons. The summed E-state index contributed by atoms with van der Waals surface area (Å²) in [6.45, 7) is 1.34. The molecule has 8 nitrogen and oxygen atoms in total. The van der Waals surface area contributed by atoms with Gasteiger partial charge in [0.25, 0.3) is 0 Å². The zero-order valence-electron chi connectivity index (χ0n) is 22.0. The molecule has 0 spiro atoms. The standard InChI is InChI=1S/C24H14O5.CH2O2.CH3O.4K/c1-11-2-4-13-14-5-3-12(10-25)20-18(24(28)29)9-7-16(22(14)20)15-6-8-17(23(26)27)19(11)21(13)15;2-1-3;1-2;;;;/h2-10H,1H3,(H,26,27)(H,28,29);1H,(H,2,3);1H3;;;;/q;;-1;4*+1/p-3. The van der Waals surface area contributed by atoms with Crippen LogP contribution in [0.15, 0.2) is 48.5 Å². The van der Waals surface area contributed by atoms with E-state index >= 15 is 0 Å². The molecular weight excluding hydrogens is 597 g/mol. The summed E-state index contributed by atoms with van der Waals surface area (Å²) in [5, 5.41) is 45.4. The number of hydrogen-bond acceptors (Lipinski definition) is 8. The van der Waals surface area contributed by atoms with E-state index in [2.05, 4.69) is 0 Å². The van der Waals surface area contributed by atoms with Crippen LogP contribution in [-0.4, -0.2) is 31.8 Å². The van der Waals surface area contributed by atoms with Gasteiger partial charge in [-0.3, -0.25) is 4.79 Å². The summed E-state index contributed by atoms with van der Waals surface area (Å²) in [7, 11) is 0.750. The van der Waals surface area contributed by atoms with E-state index in [1.54, 1.807) is 24.3 Å². The molecule has 5 aromatic rings. The number of carbonyl (C=O) groups is 4. The van der Waals surface area contributed by atoms with Gasteiger partial charge in [0.1, 0.15) is 0 Å². The Morgan fingerprint density at radius 3 is 1.34 bits per heavy atom. The predicted octanol–water partition coefficient (Wildman–Crippen LogP) is -12.1. The molecule has 0 N–H and O–H groups in total. The van der Waals surface area contributed by atoms with E-state index in [1.165, 1.54) is 12.1 Å². The summed E-state index contributed by atoms with van der Waals surface area (Å²) >= 11 is 0. The Morgan fingerprint density at radius 2 is 0.947 bits per heavy atom. The predicted molar refractivity (Wildman–Crippen MR) is 118 cm³/mol. The van der Waals surface area contributed by atoms with Crippen molar-refractivity contribution in [1.82, 2.24) is 0 Å². The fourth-order valence-corrected chi connectivity index (χ4v) is 4.53. The van der Waals surface area contributed by atoms with Gasteiger partial charge < -0.3 is 34.8 Å². The van der Waals surface area contributed by atoms with Gasteiger partial charge in [0.15, 0.2) is 6.29 Å². The average Bonchev–Trinajstić information content (AvgIpc) is 2.84. The van der Waals surface area contributed by atoms with Crippen molar-refractivity contribution < 1.29 is 245 Å². The Labute approximate surface area is 388 Å². The van der Waals surface area contributed by atoms with E-state index in [0.29, 0.717) is 22.4 Å². The number of carboxylic acid groups (broad SMARTS) is 3. The van der Waals surface area contributed by atoms with Crippen LogP contribution in [0.5, 0.6) is 0 Å². The molecule has 38 heavy (non-hydrogen) atoms. The summed E-state index contributed by atoms with van der Waals surface area (Å²) in [5.41, 5.74) is 1.13. The summed E-state index contributed by atoms with van der Waals surface area (Å²) in [6, 6.07) is 13.4. The Kier molecular flexibility index (Phi) is 21.4. The zero-order valence-corrected chi connectivity index (χ0v) is 34.5. The maximum atomic E-state index is 11.7. The molecule has 0 unspecified atom stereocenters. The van der Waals surface area contributed by atoms with E-state index < -0.39 is 18.4 Å². The normalized spacial score (nSPS) is 9.34. The van der Waals surface area contributed by atoms with Gasteiger partial charge in [0.2, 0.25) is 0 Å². The van der Waals surface area contributed by atoms with Crippen molar-refractivity contribution in [2.75, 3.05) is 7.11 Å². The van der Waals surface area contributed by atoms with Crippen molar-refractivity contribution in [3.8, 4) is 0 Å². The molecule has 5 rings (SSSR count). The van der Waals surface area contributed by atoms with Crippen LogP contribution in [0.2, 0.25) is 0 Å². The van der Waals surface area contributed by atoms with E-state index in [9.17, 15) is 24.6 Å². The second kappa shape index (κ2) is 19.3. The number of carboxylic acids is 2. The third-order valence-electron chi connectivity index (χ3n) is 5.71. The molecule has 5 aromatic carbocycles. The minimum Gasteiger partial charge on any atom is -0.857 e. The molecule has 0 saturated heterocycles. The van der Waals surface area contributed by atoms with Crippen LogP contribution < -0.4 is 226 Å².